The second-order valence-corrected chi connectivity index (χ2v) is 10.4. The number of aryl methyl sites for hydroxylation is 1. The first-order valence-electron chi connectivity index (χ1n) is 9.30. The number of rotatable bonds is 7. The van der Waals surface area contributed by atoms with Crippen LogP contribution < -0.4 is 11.1 Å². The third kappa shape index (κ3) is 4.33. The summed E-state index contributed by atoms with van der Waals surface area (Å²) < 4.78 is 0.747. The van der Waals surface area contributed by atoms with Crippen LogP contribution in [0.1, 0.15) is 16.6 Å². The molecule has 31 heavy (non-hydrogen) atoms. The molecule has 0 saturated carbocycles. The van der Waals surface area contributed by atoms with Gasteiger partial charge in [0.2, 0.25) is 5.91 Å². The molecule has 4 rings (SSSR count). The molecule has 0 bridgehead atoms. The lowest BCUT2D eigenvalue weighted by Gasteiger charge is -2.49. The maximum absolute atomic E-state index is 12.8. The molecule has 2 aliphatic rings. The van der Waals surface area contributed by atoms with Crippen molar-refractivity contribution in [3.8, 4) is 0 Å². The summed E-state index contributed by atoms with van der Waals surface area (Å²) in [5, 5.41) is 20.8. The van der Waals surface area contributed by atoms with Crippen LogP contribution in [0.3, 0.4) is 0 Å². The van der Waals surface area contributed by atoms with Gasteiger partial charge in [-0.25, -0.2) is 4.79 Å². The highest BCUT2D eigenvalue weighted by molar-refractivity contribution is 8.01. The van der Waals surface area contributed by atoms with Crippen LogP contribution in [-0.4, -0.2) is 60.9 Å². The van der Waals surface area contributed by atoms with Crippen molar-refractivity contribution < 1.29 is 19.5 Å². The van der Waals surface area contributed by atoms with E-state index in [1.54, 1.807) is 24.3 Å². The summed E-state index contributed by atoms with van der Waals surface area (Å²) in [5.74, 6) is -1.24. The fourth-order valence-electron chi connectivity index (χ4n) is 3.33. The molecular formula is C19H19N5O4S3. The number of hydrogen-bond donors (Lipinski definition) is 3. The van der Waals surface area contributed by atoms with Gasteiger partial charge in [-0.15, -0.1) is 22.0 Å². The number of aliphatic carboxylic acids is 1. The Labute approximate surface area is 190 Å². The SMILES string of the molecule is Cc1nnc(SCC2=C(C(=O)O)N3C(=O)C(NC(=O)C(N)c4ccccc4)C3SC2)s1. The van der Waals surface area contributed by atoms with Gasteiger partial charge in [0.25, 0.3) is 5.91 Å². The van der Waals surface area contributed by atoms with Crippen LogP contribution in [-0.2, 0) is 14.4 Å². The van der Waals surface area contributed by atoms with Crippen LogP contribution >= 0.6 is 34.9 Å². The number of amides is 2. The van der Waals surface area contributed by atoms with Gasteiger partial charge in [0.15, 0.2) is 4.34 Å². The van der Waals surface area contributed by atoms with E-state index in [1.165, 1.54) is 39.8 Å². The number of nitrogens with one attached hydrogen (secondary N) is 1. The van der Waals surface area contributed by atoms with E-state index in [1.807, 2.05) is 13.0 Å². The number of benzene rings is 1. The lowest BCUT2D eigenvalue weighted by atomic mass is 10.0. The minimum absolute atomic E-state index is 0.0136. The number of aromatic nitrogens is 2. The number of carbonyl (C=O) groups is 3. The second kappa shape index (κ2) is 8.99. The standard InChI is InChI=1S/C19H19N5O4S3/c1-9-22-23-19(31-9)30-8-11-7-29-17-13(16(26)24(17)14(11)18(27)28)21-15(25)12(20)10-5-3-2-4-6-10/h2-6,12-13,17H,7-8,20H2,1H3,(H,21,25)(H,27,28). The van der Waals surface area contributed by atoms with E-state index in [-0.39, 0.29) is 5.70 Å². The van der Waals surface area contributed by atoms with Gasteiger partial charge in [-0.3, -0.25) is 14.5 Å². The molecule has 3 heterocycles. The minimum Gasteiger partial charge on any atom is -0.477 e. The number of carbonyl (C=O) groups excluding carboxylic acids is 2. The topological polar surface area (TPSA) is 139 Å². The lowest BCUT2D eigenvalue weighted by Crippen LogP contribution is -2.71. The van der Waals surface area contributed by atoms with Crippen molar-refractivity contribution in [3.05, 3.63) is 52.2 Å². The Morgan fingerprint density at radius 1 is 1.35 bits per heavy atom. The minimum atomic E-state index is -1.16. The van der Waals surface area contributed by atoms with Gasteiger partial charge in [-0.1, -0.05) is 53.4 Å². The zero-order chi connectivity index (χ0) is 22.1. The summed E-state index contributed by atoms with van der Waals surface area (Å²) in [7, 11) is 0. The molecule has 3 unspecified atom stereocenters. The third-order valence-electron chi connectivity index (χ3n) is 4.87. The molecule has 4 N–H and O–H groups in total. The van der Waals surface area contributed by atoms with Crippen LogP contribution in [0, 0.1) is 6.92 Å². The van der Waals surface area contributed by atoms with Gasteiger partial charge < -0.3 is 16.2 Å². The van der Waals surface area contributed by atoms with Crippen molar-refractivity contribution in [2.45, 2.75) is 28.7 Å². The molecule has 2 amide bonds. The molecule has 1 saturated heterocycles. The predicted octanol–water partition coefficient (Wildman–Crippen LogP) is 1.38. The second-order valence-electron chi connectivity index (χ2n) is 6.92. The average Bonchev–Trinajstić information content (AvgIpc) is 3.20. The van der Waals surface area contributed by atoms with E-state index in [2.05, 4.69) is 15.5 Å². The summed E-state index contributed by atoms with van der Waals surface area (Å²) in [6.07, 6.45) is 0. The highest BCUT2D eigenvalue weighted by Crippen LogP contribution is 2.41. The number of fused-ring (bicyclic) bond motifs is 1. The fraction of sp³-hybridized carbons (Fsp3) is 0.316. The molecule has 0 radical (unpaired) electrons. The quantitative estimate of drug-likeness (QED) is 0.399. The zero-order valence-electron chi connectivity index (χ0n) is 16.3. The van der Waals surface area contributed by atoms with Gasteiger partial charge in [0.1, 0.15) is 28.2 Å². The van der Waals surface area contributed by atoms with Crippen molar-refractivity contribution in [1.29, 1.82) is 0 Å². The normalized spacial score (nSPS) is 21.4. The average molecular weight is 478 g/mol. The Morgan fingerprint density at radius 3 is 2.74 bits per heavy atom. The molecule has 12 heteroatoms. The molecule has 1 aromatic carbocycles. The third-order valence-corrected chi connectivity index (χ3v) is 8.26. The Kier molecular flexibility index (Phi) is 6.32. The maximum Gasteiger partial charge on any atom is 0.352 e. The highest BCUT2D eigenvalue weighted by Gasteiger charge is 2.54. The predicted molar refractivity (Wildman–Crippen MR) is 118 cm³/mol. The van der Waals surface area contributed by atoms with E-state index in [9.17, 15) is 19.5 Å². The van der Waals surface area contributed by atoms with Crippen LogP contribution in [0.15, 0.2) is 45.9 Å². The molecule has 0 aliphatic carbocycles. The number of carboxylic acid groups (broad SMARTS) is 1. The summed E-state index contributed by atoms with van der Waals surface area (Å²) >= 11 is 4.26. The van der Waals surface area contributed by atoms with E-state index in [0.29, 0.717) is 22.6 Å². The summed E-state index contributed by atoms with van der Waals surface area (Å²) in [4.78, 5) is 38.5. The molecule has 0 spiro atoms. The van der Waals surface area contributed by atoms with Gasteiger partial charge >= 0.3 is 5.97 Å². The van der Waals surface area contributed by atoms with Crippen LogP contribution in [0.25, 0.3) is 0 Å². The first-order chi connectivity index (χ1) is 14.9. The Bertz CT molecular complexity index is 1060. The smallest absolute Gasteiger partial charge is 0.352 e. The van der Waals surface area contributed by atoms with Gasteiger partial charge in [0, 0.05) is 11.5 Å². The van der Waals surface area contributed by atoms with Crippen molar-refractivity contribution >= 4 is 52.6 Å². The first kappa shape index (κ1) is 21.8. The Balaban J connectivity index is 1.45. The molecule has 1 fully saturated rings. The summed E-state index contributed by atoms with van der Waals surface area (Å²) in [5.41, 5.74) is 7.28. The molecule has 1 aromatic heterocycles. The summed E-state index contributed by atoms with van der Waals surface area (Å²) in [6, 6.07) is 7.15. The number of β-lactam (4-membered cyclic amide) rings is 1. The fourth-order valence-corrected chi connectivity index (χ4v) is 6.64. The van der Waals surface area contributed by atoms with E-state index in [0.717, 1.165) is 9.35 Å². The van der Waals surface area contributed by atoms with Crippen LogP contribution in [0.4, 0.5) is 0 Å². The van der Waals surface area contributed by atoms with Crippen molar-refractivity contribution in [1.82, 2.24) is 20.4 Å². The molecule has 9 nitrogen and oxygen atoms in total. The number of nitrogens with zero attached hydrogens (tertiary/aromatic N) is 3. The van der Waals surface area contributed by atoms with E-state index < -0.39 is 35.2 Å². The number of hydrogen-bond acceptors (Lipinski definition) is 9. The Morgan fingerprint density at radius 2 is 2.10 bits per heavy atom. The number of carboxylic acids is 1. The number of nitrogens with two attached hydrogens (primary N) is 1. The van der Waals surface area contributed by atoms with Crippen molar-refractivity contribution in [2.24, 2.45) is 5.73 Å². The molecule has 2 aromatic rings. The van der Waals surface area contributed by atoms with Gasteiger partial charge in [0.05, 0.1) is 0 Å². The van der Waals surface area contributed by atoms with Gasteiger partial charge in [-0.05, 0) is 18.1 Å². The number of thioether (sulfide) groups is 2. The van der Waals surface area contributed by atoms with Gasteiger partial charge in [-0.2, -0.15) is 0 Å². The van der Waals surface area contributed by atoms with E-state index in [4.69, 9.17) is 5.73 Å². The largest absolute Gasteiger partial charge is 0.477 e. The Hall–Kier alpha value is -2.41. The molecular weight excluding hydrogens is 458 g/mol. The molecule has 3 atom stereocenters. The van der Waals surface area contributed by atoms with Crippen molar-refractivity contribution in [3.63, 3.8) is 0 Å². The summed E-state index contributed by atoms with van der Waals surface area (Å²) in [6.45, 7) is 1.85. The first-order valence-corrected chi connectivity index (χ1v) is 12.2. The van der Waals surface area contributed by atoms with Crippen LogP contribution in [0.2, 0.25) is 0 Å². The van der Waals surface area contributed by atoms with E-state index >= 15 is 0 Å². The van der Waals surface area contributed by atoms with Crippen molar-refractivity contribution in [2.75, 3.05) is 11.5 Å². The molecule has 2 aliphatic heterocycles. The monoisotopic (exact) mass is 477 g/mol. The highest BCUT2D eigenvalue weighted by atomic mass is 32.2. The van der Waals surface area contributed by atoms with Crippen LogP contribution in [0.5, 0.6) is 0 Å². The molecule has 162 valence electrons. The lowest BCUT2D eigenvalue weighted by molar-refractivity contribution is -0.150. The zero-order valence-corrected chi connectivity index (χ0v) is 18.8. The maximum atomic E-state index is 12.8.